The van der Waals surface area contributed by atoms with Crippen LogP contribution in [0.1, 0.15) is 0 Å². The van der Waals surface area contributed by atoms with Crippen molar-refractivity contribution in [3.05, 3.63) is 18.3 Å². The first kappa shape index (κ1) is 5.80. The topological polar surface area (TPSA) is 39.3 Å². The van der Waals surface area contributed by atoms with Gasteiger partial charge in [0.25, 0.3) is 0 Å². The van der Waals surface area contributed by atoms with Gasteiger partial charge in [-0.15, -0.1) is 0 Å². The van der Waals surface area contributed by atoms with Gasteiger partial charge in [0.1, 0.15) is 5.82 Å². The Kier molecular flexibility index (Phi) is 1.17. The lowest BCUT2D eigenvalue weighted by atomic mass is 10.2. The molecule has 2 rings (SSSR count). The van der Waals surface area contributed by atoms with Gasteiger partial charge < -0.3 is 15.0 Å². The molecule has 1 saturated heterocycles. The maximum absolute atomic E-state index is 8.96. The standard InChI is InChI=1S/C7H10N2O/c10-6-4-9(5-6)7-2-1-3-8-7/h1-3,6,8,10H,4-5H2. The lowest BCUT2D eigenvalue weighted by molar-refractivity contribution is 0.141. The number of nitrogens with one attached hydrogen (secondary N) is 1. The summed E-state index contributed by atoms with van der Waals surface area (Å²) < 4.78 is 0. The summed E-state index contributed by atoms with van der Waals surface area (Å²) in [5.41, 5.74) is 0. The molecule has 10 heavy (non-hydrogen) atoms. The number of hydrogen-bond donors (Lipinski definition) is 2. The van der Waals surface area contributed by atoms with Crippen LogP contribution in [0.4, 0.5) is 5.82 Å². The van der Waals surface area contributed by atoms with Gasteiger partial charge in [0.05, 0.1) is 6.10 Å². The van der Waals surface area contributed by atoms with E-state index in [1.807, 2.05) is 18.3 Å². The number of aliphatic hydroxyl groups is 1. The smallest absolute Gasteiger partial charge is 0.105 e. The molecule has 0 radical (unpaired) electrons. The van der Waals surface area contributed by atoms with Crippen LogP contribution in [-0.2, 0) is 0 Å². The molecule has 0 bridgehead atoms. The molecule has 3 nitrogen and oxygen atoms in total. The van der Waals surface area contributed by atoms with Crippen molar-refractivity contribution in [2.45, 2.75) is 6.10 Å². The highest BCUT2D eigenvalue weighted by atomic mass is 16.3. The average Bonchev–Trinajstić information content (AvgIpc) is 2.31. The van der Waals surface area contributed by atoms with Crippen LogP contribution in [0, 0.1) is 0 Å². The van der Waals surface area contributed by atoms with Crippen molar-refractivity contribution in [2.75, 3.05) is 18.0 Å². The van der Waals surface area contributed by atoms with Crippen LogP contribution in [0.15, 0.2) is 18.3 Å². The third-order valence-electron chi connectivity index (χ3n) is 1.78. The fourth-order valence-electron chi connectivity index (χ4n) is 1.17. The summed E-state index contributed by atoms with van der Waals surface area (Å²) in [4.78, 5) is 5.18. The number of aromatic nitrogens is 1. The molecule has 0 amide bonds. The molecule has 0 atom stereocenters. The summed E-state index contributed by atoms with van der Waals surface area (Å²) in [5, 5.41) is 8.96. The van der Waals surface area contributed by atoms with Gasteiger partial charge in [0.15, 0.2) is 0 Å². The van der Waals surface area contributed by atoms with Gasteiger partial charge in [-0.2, -0.15) is 0 Å². The number of aromatic amines is 1. The normalized spacial score (nSPS) is 19.1. The molecule has 3 heteroatoms. The third kappa shape index (κ3) is 0.789. The molecule has 0 unspecified atom stereocenters. The summed E-state index contributed by atoms with van der Waals surface area (Å²) >= 11 is 0. The molecule has 2 heterocycles. The molecule has 2 N–H and O–H groups in total. The number of hydrogen-bond acceptors (Lipinski definition) is 2. The van der Waals surface area contributed by atoms with Crippen molar-refractivity contribution in [1.29, 1.82) is 0 Å². The van der Waals surface area contributed by atoms with Crippen molar-refractivity contribution >= 4 is 5.82 Å². The fourth-order valence-corrected chi connectivity index (χ4v) is 1.17. The van der Waals surface area contributed by atoms with Crippen LogP contribution in [0.5, 0.6) is 0 Å². The van der Waals surface area contributed by atoms with Crippen molar-refractivity contribution in [3.8, 4) is 0 Å². The second kappa shape index (κ2) is 2.02. The van der Waals surface area contributed by atoms with Crippen LogP contribution in [0.3, 0.4) is 0 Å². The molecule has 0 aliphatic carbocycles. The fraction of sp³-hybridized carbons (Fsp3) is 0.429. The maximum atomic E-state index is 8.96. The monoisotopic (exact) mass is 138 g/mol. The minimum absolute atomic E-state index is 0.122. The summed E-state index contributed by atoms with van der Waals surface area (Å²) in [6.45, 7) is 1.53. The second-order valence-electron chi connectivity index (χ2n) is 2.61. The molecule has 0 saturated carbocycles. The highest BCUT2D eigenvalue weighted by molar-refractivity contribution is 5.41. The molecule has 1 aliphatic rings. The predicted molar refractivity (Wildman–Crippen MR) is 39.0 cm³/mol. The number of H-pyrrole nitrogens is 1. The van der Waals surface area contributed by atoms with Gasteiger partial charge in [-0.1, -0.05) is 0 Å². The predicted octanol–water partition coefficient (Wildman–Crippen LogP) is 0.196. The van der Waals surface area contributed by atoms with Gasteiger partial charge in [0, 0.05) is 19.3 Å². The number of aliphatic hydroxyl groups excluding tert-OH is 1. The first-order chi connectivity index (χ1) is 4.86. The Balaban J connectivity index is 2.04. The number of rotatable bonds is 1. The molecule has 0 spiro atoms. The zero-order chi connectivity index (χ0) is 6.97. The van der Waals surface area contributed by atoms with E-state index in [4.69, 9.17) is 5.11 Å². The minimum Gasteiger partial charge on any atom is -0.389 e. The van der Waals surface area contributed by atoms with Gasteiger partial charge >= 0.3 is 0 Å². The number of β-amino-alcohol motifs (C(OH)–C–C–N with tert-alkyl or cyclic N) is 1. The van der Waals surface area contributed by atoms with E-state index in [0.717, 1.165) is 18.9 Å². The lowest BCUT2D eigenvalue weighted by Crippen LogP contribution is -2.50. The molecular weight excluding hydrogens is 128 g/mol. The van der Waals surface area contributed by atoms with Crippen LogP contribution in [0.25, 0.3) is 0 Å². The summed E-state index contributed by atoms with van der Waals surface area (Å²) in [7, 11) is 0. The van der Waals surface area contributed by atoms with E-state index in [0.29, 0.717) is 0 Å². The van der Waals surface area contributed by atoms with Crippen molar-refractivity contribution in [1.82, 2.24) is 4.98 Å². The molecule has 1 aromatic heterocycles. The molecular formula is C7H10N2O. The van der Waals surface area contributed by atoms with E-state index in [1.165, 1.54) is 0 Å². The SMILES string of the molecule is OC1CN(c2ccc[nH]2)C1. The van der Waals surface area contributed by atoms with E-state index in [9.17, 15) is 0 Å². The van der Waals surface area contributed by atoms with Crippen LogP contribution < -0.4 is 4.90 Å². The first-order valence-electron chi connectivity index (χ1n) is 3.42. The van der Waals surface area contributed by atoms with E-state index in [1.54, 1.807) is 0 Å². The van der Waals surface area contributed by atoms with Gasteiger partial charge in [-0.3, -0.25) is 0 Å². The molecule has 0 aromatic carbocycles. The summed E-state index contributed by atoms with van der Waals surface area (Å²) in [5.74, 6) is 1.10. The van der Waals surface area contributed by atoms with Crippen molar-refractivity contribution in [2.24, 2.45) is 0 Å². The number of anilines is 1. The highest BCUT2D eigenvalue weighted by Gasteiger charge is 2.24. The average molecular weight is 138 g/mol. The molecule has 1 aromatic rings. The van der Waals surface area contributed by atoms with Gasteiger partial charge in [-0.05, 0) is 12.1 Å². The Morgan fingerprint density at radius 2 is 2.40 bits per heavy atom. The van der Waals surface area contributed by atoms with Gasteiger partial charge in [0.2, 0.25) is 0 Å². The number of nitrogens with zero attached hydrogens (tertiary/aromatic N) is 1. The molecule has 54 valence electrons. The minimum atomic E-state index is -0.122. The van der Waals surface area contributed by atoms with Crippen LogP contribution >= 0.6 is 0 Å². The van der Waals surface area contributed by atoms with E-state index >= 15 is 0 Å². The maximum Gasteiger partial charge on any atom is 0.105 e. The van der Waals surface area contributed by atoms with E-state index in [2.05, 4.69) is 9.88 Å². The zero-order valence-electron chi connectivity index (χ0n) is 5.62. The van der Waals surface area contributed by atoms with Crippen LogP contribution in [-0.4, -0.2) is 29.3 Å². The Morgan fingerprint density at radius 3 is 2.90 bits per heavy atom. The third-order valence-corrected chi connectivity index (χ3v) is 1.78. The van der Waals surface area contributed by atoms with Crippen molar-refractivity contribution in [3.63, 3.8) is 0 Å². The quantitative estimate of drug-likeness (QED) is 0.581. The summed E-state index contributed by atoms with van der Waals surface area (Å²) in [6.07, 6.45) is 1.77. The molecule has 1 fully saturated rings. The van der Waals surface area contributed by atoms with Crippen LogP contribution in [0.2, 0.25) is 0 Å². The largest absolute Gasteiger partial charge is 0.389 e. The molecule has 1 aliphatic heterocycles. The second-order valence-corrected chi connectivity index (χ2v) is 2.61. The van der Waals surface area contributed by atoms with Gasteiger partial charge in [-0.25, -0.2) is 0 Å². The first-order valence-corrected chi connectivity index (χ1v) is 3.42. The Morgan fingerprint density at radius 1 is 1.60 bits per heavy atom. The zero-order valence-corrected chi connectivity index (χ0v) is 5.62. The lowest BCUT2D eigenvalue weighted by Gasteiger charge is -2.36. The van der Waals surface area contributed by atoms with E-state index in [-0.39, 0.29) is 6.10 Å². The Bertz CT molecular complexity index is 201. The summed E-state index contributed by atoms with van der Waals surface area (Å²) in [6, 6.07) is 3.96. The Hall–Kier alpha value is -0.960. The van der Waals surface area contributed by atoms with Crippen molar-refractivity contribution < 1.29 is 5.11 Å². The Labute approximate surface area is 59.3 Å². The highest BCUT2D eigenvalue weighted by Crippen LogP contribution is 2.17. The van der Waals surface area contributed by atoms with E-state index < -0.39 is 0 Å².